The molecule has 0 aliphatic heterocycles. The quantitative estimate of drug-likeness (QED) is 0.888. The van der Waals surface area contributed by atoms with Crippen molar-refractivity contribution in [2.75, 3.05) is 25.7 Å². The summed E-state index contributed by atoms with van der Waals surface area (Å²) in [4.78, 5) is 2.14. The first-order valence-electron chi connectivity index (χ1n) is 6.83. The van der Waals surface area contributed by atoms with Gasteiger partial charge < -0.3 is 14.7 Å². The van der Waals surface area contributed by atoms with Crippen molar-refractivity contribution in [3.63, 3.8) is 0 Å². The van der Waals surface area contributed by atoms with Gasteiger partial charge in [0.1, 0.15) is 5.75 Å². The number of aryl methyl sites for hydroxylation is 2. The van der Waals surface area contributed by atoms with Crippen molar-refractivity contribution in [1.82, 2.24) is 0 Å². The lowest BCUT2D eigenvalue weighted by atomic mass is 9.98. The molecule has 0 aromatic heterocycles. The van der Waals surface area contributed by atoms with Crippen molar-refractivity contribution in [1.29, 1.82) is 0 Å². The topological polar surface area (TPSA) is 32.7 Å². The molecule has 0 aliphatic carbocycles. The van der Waals surface area contributed by atoms with E-state index in [1.807, 2.05) is 7.05 Å². The summed E-state index contributed by atoms with van der Waals surface area (Å²) < 4.78 is 5.61. The largest absolute Gasteiger partial charge is 0.494 e. The van der Waals surface area contributed by atoms with Crippen LogP contribution in [0, 0.1) is 26.7 Å². The van der Waals surface area contributed by atoms with Crippen LogP contribution in [0.5, 0.6) is 5.75 Å². The van der Waals surface area contributed by atoms with Crippen molar-refractivity contribution < 1.29 is 9.84 Å². The van der Waals surface area contributed by atoms with Gasteiger partial charge in [-0.25, -0.2) is 0 Å². The molecule has 1 aromatic rings. The summed E-state index contributed by atoms with van der Waals surface area (Å²) in [5.41, 5.74) is 4.66. The second kappa shape index (κ2) is 6.29. The van der Waals surface area contributed by atoms with E-state index in [2.05, 4.69) is 45.6 Å². The van der Waals surface area contributed by atoms with E-state index in [1.165, 1.54) is 11.1 Å². The highest BCUT2D eigenvalue weighted by Crippen LogP contribution is 2.38. The second-order valence-electron chi connectivity index (χ2n) is 5.62. The molecule has 1 N–H and O–H groups in total. The van der Waals surface area contributed by atoms with Crippen molar-refractivity contribution >= 4 is 5.69 Å². The van der Waals surface area contributed by atoms with Gasteiger partial charge in [-0.2, -0.15) is 0 Å². The van der Waals surface area contributed by atoms with Crippen LogP contribution < -0.4 is 9.64 Å². The maximum Gasteiger partial charge on any atom is 0.145 e. The molecule has 3 nitrogen and oxygen atoms in total. The van der Waals surface area contributed by atoms with Crippen LogP contribution in [0.2, 0.25) is 0 Å². The number of hydrogen-bond acceptors (Lipinski definition) is 3. The van der Waals surface area contributed by atoms with Crippen LogP contribution in [0.1, 0.15) is 30.5 Å². The van der Waals surface area contributed by atoms with Gasteiger partial charge in [-0.3, -0.25) is 0 Å². The monoisotopic (exact) mass is 265 g/mol. The van der Waals surface area contributed by atoms with Gasteiger partial charge in [-0.15, -0.1) is 0 Å². The fourth-order valence-electron chi connectivity index (χ4n) is 2.67. The zero-order valence-corrected chi connectivity index (χ0v) is 13.2. The number of rotatable bonds is 5. The van der Waals surface area contributed by atoms with Crippen LogP contribution in [0.25, 0.3) is 0 Å². The SMILES string of the molecule is COc1c(C)c(C)cc(C)c1N(C)C(CO)C(C)C. The Bertz CT molecular complexity index is 441. The normalized spacial score (nSPS) is 12.7. The molecule has 0 radical (unpaired) electrons. The zero-order valence-electron chi connectivity index (χ0n) is 13.2. The van der Waals surface area contributed by atoms with Gasteiger partial charge in [0.05, 0.1) is 25.4 Å². The maximum absolute atomic E-state index is 9.62. The molecule has 1 rings (SSSR count). The summed E-state index contributed by atoms with van der Waals surface area (Å²) in [5, 5.41) is 9.62. The molecule has 1 unspecified atom stereocenters. The molecule has 0 fully saturated rings. The zero-order chi connectivity index (χ0) is 14.7. The average Bonchev–Trinajstić information content (AvgIpc) is 2.33. The van der Waals surface area contributed by atoms with Crippen molar-refractivity contribution in [2.24, 2.45) is 5.92 Å². The summed E-state index contributed by atoms with van der Waals surface area (Å²) in [6, 6.07) is 2.27. The number of anilines is 1. The number of aliphatic hydroxyl groups is 1. The van der Waals surface area contributed by atoms with E-state index < -0.39 is 0 Å². The Kier molecular flexibility index (Phi) is 5.24. The molecule has 0 saturated carbocycles. The first-order chi connectivity index (χ1) is 8.84. The van der Waals surface area contributed by atoms with E-state index in [4.69, 9.17) is 4.74 Å². The predicted molar refractivity (Wildman–Crippen MR) is 81.3 cm³/mol. The van der Waals surface area contributed by atoms with E-state index in [1.54, 1.807) is 7.11 Å². The number of aliphatic hydroxyl groups excluding tert-OH is 1. The maximum atomic E-state index is 9.62. The molecular weight excluding hydrogens is 238 g/mol. The van der Waals surface area contributed by atoms with Gasteiger partial charge in [0.25, 0.3) is 0 Å². The Balaban J connectivity index is 3.37. The third-order valence-corrected chi connectivity index (χ3v) is 3.96. The third kappa shape index (κ3) is 3.03. The molecule has 108 valence electrons. The van der Waals surface area contributed by atoms with Crippen molar-refractivity contribution in [3.05, 3.63) is 22.8 Å². The number of benzene rings is 1. The number of hydrogen-bond donors (Lipinski definition) is 1. The fourth-order valence-corrected chi connectivity index (χ4v) is 2.67. The van der Waals surface area contributed by atoms with E-state index in [9.17, 15) is 5.11 Å². The van der Waals surface area contributed by atoms with E-state index in [0.717, 1.165) is 17.0 Å². The Hall–Kier alpha value is -1.22. The lowest BCUT2D eigenvalue weighted by Gasteiger charge is -2.34. The number of ether oxygens (including phenoxy) is 1. The van der Waals surface area contributed by atoms with Crippen molar-refractivity contribution in [3.8, 4) is 5.75 Å². The third-order valence-electron chi connectivity index (χ3n) is 3.96. The molecule has 0 heterocycles. The van der Waals surface area contributed by atoms with Crippen LogP contribution in [0.4, 0.5) is 5.69 Å². The Morgan fingerprint density at radius 1 is 1.21 bits per heavy atom. The predicted octanol–water partition coefficient (Wildman–Crippen LogP) is 3.07. The minimum absolute atomic E-state index is 0.0923. The molecule has 0 saturated heterocycles. The minimum atomic E-state index is 0.0923. The molecule has 0 spiro atoms. The number of nitrogens with zero attached hydrogens (tertiary/aromatic N) is 1. The van der Waals surface area contributed by atoms with E-state index in [-0.39, 0.29) is 12.6 Å². The Labute approximate surface area is 117 Å². The van der Waals surface area contributed by atoms with Crippen LogP contribution in [0.3, 0.4) is 0 Å². The Morgan fingerprint density at radius 2 is 1.79 bits per heavy atom. The smallest absolute Gasteiger partial charge is 0.145 e. The molecule has 19 heavy (non-hydrogen) atoms. The van der Waals surface area contributed by atoms with Gasteiger partial charge >= 0.3 is 0 Å². The first-order valence-corrected chi connectivity index (χ1v) is 6.83. The molecule has 1 atom stereocenters. The standard InChI is InChI=1S/C16H27NO2/c1-10(2)14(9-18)17(6)15-12(4)8-11(3)13(5)16(15)19-7/h8,10,14,18H,9H2,1-7H3. The molecule has 0 amide bonds. The van der Waals surface area contributed by atoms with Gasteiger partial charge in [-0.1, -0.05) is 19.9 Å². The van der Waals surface area contributed by atoms with E-state index in [0.29, 0.717) is 5.92 Å². The highest BCUT2D eigenvalue weighted by atomic mass is 16.5. The van der Waals surface area contributed by atoms with Gasteiger partial charge in [0.15, 0.2) is 0 Å². The summed E-state index contributed by atoms with van der Waals surface area (Å²) in [7, 11) is 3.74. The van der Waals surface area contributed by atoms with Gasteiger partial charge in [0, 0.05) is 7.05 Å². The molecule has 0 aliphatic rings. The summed E-state index contributed by atoms with van der Waals surface area (Å²) in [6.07, 6.45) is 0. The van der Waals surface area contributed by atoms with Crippen LogP contribution in [0.15, 0.2) is 6.07 Å². The number of likely N-dealkylation sites (N-methyl/N-ethyl adjacent to an activating group) is 1. The van der Waals surface area contributed by atoms with Gasteiger partial charge in [0.2, 0.25) is 0 Å². The van der Waals surface area contributed by atoms with Crippen LogP contribution in [-0.2, 0) is 0 Å². The van der Waals surface area contributed by atoms with Crippen LogP contribution in [-0.4, -0.2) is 31.9 Å². The molecule has 0 bridgehead atoms. The van der Waals surface area contributed by atoms with Crippen molar-refractivity contribution in [2.45, 2.75) is 40.7 Å². The minimum Gasteiger partial charge on any atom is -0.494 e. The number of methoxy groups -OCH3 is 1. The van der Waals surface area contributed by atoms with E-state index >= 15 is 0 Å². The van der Waals surface area contributed by atoms with Crippen LogP contribution >= 0.6 is 0 Å². The molecular formula is C16H27NO2. The highest BCUT2D eigenvalue weighted by molar-refractivity contribution is 5.68. The average molecular weight is 265 g/mol. The highest BCUT2D eigenvalue weighted by Gasteiger charge is 2.23. The first kappa shape index (κ1) is 15.8. The summed E-state index contributed by atoms with van der Waals surface area (Å²) in [6.45, 7) is 10.7. The lowest BCUT2D eigenvalue weighted by Crippen LogP contribution is -2.39. The lowest BCUT2D eigenvalue weighted by molar-refractivity contribution is 0.233. The summed E-state index contributed by atoms with van der Waals surface area (Å²) >= 11 is 0. The molecule has 3 heteroatoms. The fraction of sp³-hybridized carbons (Fsp3) is 0.625. The van der Waals surface area contributed by atoms with Gasteiger partial charge in [-0.05, 0) is 43.4 Å². The Morgan fingerprint density at radius 3 is 2.21 bits per heavy atom. The second-order valence-corrected chi connectivity index (χ2v) is 5.62. The molecule has 1 aromatic carbocycles. The summed E-state index contributed by atoms with van der Waals surface area (Å²) in [5.74, 6) is 1.29.